The van der Waals surface area contributed by atoms with Crippen LogP contribution >= 0.6 is 34.7 Å². The molecule has 2 aromatic heterocycles. The number of Topliss-reactive ketones (excluding diaryl/α,β-unsaturated/α-hetero) is 1. The summed E-state index contributed by atoms with van der Waals surface area (Å²) in [5.41, 5.74) is 5.09. The van der Waals surface area contributed by atoms with Crippen molar-refractivity contribution in [1.82, 2.24) is 9.55 Å². The van der Waals surface area contributed by atoms with Crippen LogP contribution in [-0.4, -0.2) is 20.4 Å². The van der Waals surface area contributed by atoms with E-state index in [9.17, 15) is 4.79 Å². The molecule has 4 nitrogen and oxygen atoms in total. The van der Waals surface area contributed by atoms with Gasteiger partial charge in [-0.25, -0.2) is 4.98 Å². The Labute approximate surface area is 176 Å². The molecule has 142 valence electrons. The van der Waals surface area contributed by atoms with Crippen LogP contribution < -0.4 is 0 Å². The fraction of sp³-hybridized carbons (Fsp3) is 0.190. The number of nitrogens with one attached hydrogen (secondary N) is 1. The number of rotatable bonds is 3. The van der Waals surface area contributed by atoms with Crippen LogP contribution in [0.1, 0.15) is 33.4 Å². The maximum Gasteiger partial charge on any atom is 0.186 e. The Morgan fingerprint density at radius 3 is 2.71 bits per heavy atom. The lowest BCUT2D eigenvalue weighted by molar-refractivity contribution is -0.114. The van der Waals surface area contributed by atoms with Gasteiger partial charge in [-0.2, -0.15) is 0 Å². The summed E-state index contributed by atoms with van der Waals surface area (Å²) in [5.74, 6) is -0.608. The molecule has 1 saturated heterocycles. The Balaban J connectivity index is 1.72. The van der Waals surface area contributed by atoms with Gasteiger partial charge >= 0.3 is 0 Å². The topological polar surface area (TPSA) is 58.7 Å². The van der Waals surface area contributed by atoms with Crippen LogP contribution in [0, 0.1) is 26.2 Å². The smallest absolute Gasteiger partial charge is 0.186 e. The number of nitrogens with zero attached hydrogens (tertiary/aromatic N) is 2. The van der Waals surface area contributed by atoms with Gasteiger partial charge in [0.05, 0.1) is 9.95 Å². The Hall–Kier alpha value is -2.15. The number of halogens is 1. The summed E-state index contributed by atoms with van der Waals surface area (Å²) in [5, 5.41) is 11.8. The number of carbonyl (C=O) groups is 1. The van der Waals surface area contributed by atoms with Gasteiger partial charge < -0.3 is 4.57 Å². The second-order valence-corrected chi connectivity index (χ2v) is 9.15. The van der Waals surface area contributed by atoms with Gasteiger partial charge in [-0.1, -0.05) is 29.4 Å². The first-order valence-electron chi connectivity index (χ1n) is 8.74. The summed E-state index contributed by atoms with van der Waals surface area (Å²) in [6.45, 7) is 6.04. The number of thiazole rings is 1. The second kappa shape index (κ2) is 7.35. The average molecular weight is 428 g/mol. The summed E-state index contributed by atoms with van der Waals surface area (Å²) in [7, 11) is 0. The van der Waals surface area contributed by atoms with Crippen LogP contribution in [0.25, 0.3) is 11.8 Å². The first-order valence-corrected chi connectivity index (χ1v) is 10.8. The Morgan fingerprint density at radius 2 is 2.04 bits per heavy atom. The van der Waals surface area contributed by atoms with Crippen molar-refractivity contribution in [2.75, 3.05) is 0 Å². The van der Waals surface area contributed by atoms with Crippen molar-refractivity contribution in [2.45, 2.75) is 26.7 Å². The van der Waals surface area contributed by atoms with E-state index in [4.69, 9.17) is 17.0 Å². The van der Waals surface area contributed by atoms with Crippen molar-refractivity contribution in [3.63, 3.8) is 0 Å². The van der Waals surface area contributed by atoms with Crippen LogP contribution in [0.15, 0.2) is 40.7 Å². The molecule has 0 amide bonds. The van der Waals surface area contributed by atoms with Crippen molar-refractivity contribution in [3.8, 4) is 5.69 Å². The minimum absolute atomic E-state index is 0.0480. The number of aryl methyl sites for hydroxylation is 2. The zero-order valence-electron chi connectivity index (χ0n) is 15.6. The van der Waals surface area contributed by atoms with Crippen LogP contribution in [0.4, 0.5) is 0 Å². The van der Waals surface area contributed by atoms with Crippen molar-refractivity contribution in [1.29, 1.82) is 5.41 Å². The highest BCUT2D eigenvalue weighted by Gasteiger charge is 2.38. The van der Waals surface area contributed by atoms with E-state index in [1.54, 1.807) is 6.20 Å². The number of hydrogen-bond acceptors (Lipinski definition) is 5. The lowest BCUT2D eigenvalue weighted by atomic mass is 10.1. The first-order chi connectivity index (χ1) is 13.4. The Morgan fingerprint density at radius 1 is 1.25 bits per heavy atom. The number of allylic oxidation sites excluding steroid dienone is 1. The second-order valence-electron chi connectivity index (χ2n) is 6.74. The molecule has 0 aliphatic carbocycles. The van der Waals surface area contributed by atoms with Gasteiger partial charge in [-0.05, 0) is 56.2 Å². The lowest BCUT2D eigenvalue weighted by Gasteiger charge is -2.11. The molecule has 28 heavy (non-hydrogen) atoms. The number of aromatic nitrogens is 2. The first kappa shape index (κ1) is 19.2. The van der Waals surface area contributed by atoms with Crippen LogP contribution in [0.3, 0.4) is 0 Å². The fourth-order valence-corrected chi connectivity index (χ4v) is 5.36. The summed E-state index contributed by atoms with van der Waals surface area (Å²) in [4.78, 5) is 17.7. The molecule has 3 aromatic rings. The number of ketones is 1. The summed E-state index contributed by atoms with van der Waals surface area (Å²) >= 11 is 8.96. The molecule has 1 aliphatic rings. The molecular weight excluding hydrogens is 410 g/mol. The molecule has 4 rings (SSSR count). The van der Waals surface area contributed by atoms with Gasteiger partial charge in [0.25, 0.3) is 0 Å². The van der Waals surface area contributed by atoms with Gasteiger partial charge in [0.1, 0.15) is 10.9 Å². The van der Waals surface area contributed by atoms with E-state index in [-0.39, 0.29) is 5.78 Å². The molecule has 1 aromatic carbocycles. The predicted molar refractivity (Wildman–Crippen MR) is 118 cm³/mol. The highest BCUT2D eigenvalue weighted by Crippen LogP contribution is 2.41. The molecule has 1 N–H and O–H groups in total. The molecule has 1 fully saturated rings. The number of carbonyl (C=O) groups excluding carboxylic acids is 1. The number of benzene rings is 1. The van der Waals surface area contributed by atoms with Crippen LogP contribution in [0.2, 0.25) is 5.02 Å². The van der Waals surface area contributed by atoms with E-state index in [0.717, 1.165) is 33.2 Å². The van der Waals surface area contributed by atoms with E-state index >= 15 is 0 Å². The minimum Gasteiger partial charge on any atom is -0.318 e. The maximum absolute atomic E-state index is 12.9. The van der Waals surface area contributed by atoms with E-state index in [2.05, 4.69) is 15.6 Å². The zero-order chi connectivity index (χ0) is 20.0. The average Bonchev–Trinajstić information content (AvgIpc) is 3.32. The summed E-state index contributed by atoms with van der Waals surface area (Å²) < 4.78 is 2.13. The molecule has 3 heterocycles. The van der Waals surface area contributed by atoms with Crippen molar-refractivity contribution >= 4 is 51.6 Å². The third-order valence-electron chi connectivity index (χ3n) is 4.86. The van der Waals surface area contributed by atoms with E-state index in [1.807, 2.05) is 50.4 Å². The molecule has 7 heteroatoms. The number of thioether (sulfide) groups is 1. The minimum atomic E-state index is -0.560. The summed E-state index contributed by atoms with van der Waals surface area (Å²) in [6.07, 6.45) is 3.57. The van der Waals surface area contributed by atoms with Crippen molar-refractivity contribution in [2.24, 2.45) is 0 Å². The van der Waals surface area contributed by atoms with E-state index in [1.165, 1.54) is 23.1 Å². The third kappa shape index (κ3) is 3.26. The van der Waals surface area contributed by atoms with Crippen LogP contribution in [0.5, 0.6) is 0 Å². The lowest BCUT2D eigenvalue weighted by Crippen LogP contribution is -2.11. The van der Waals surface area contributed by atoms with Gasteiger partial charge in [-0.15, -0.1) is 11.3 Å². The summed E-state index contributed by atoms with van der Waals surface area (Å²) in [6, 6.07) is 8.06. The normalized spacial score (nSPS) is 18.4. The molecule has 1 aliphatic heterocycles. The van der Waals surface area contributed by atoms with Gasteiger partial charge in [0.2, 0.25) is 0 Å². The van der Waals surface area contributed by atoms with Gasteiger partial charge in [0, 0.05) is 33.7 Å². The highest BCUT2D eigenvalue weighted by atomic mass is 35.5. The predicted octanol–water partition coefficient (Wildman–Crippen LogP) is 5.93. The molecule has 0 unspecified atom stereocenters. The maximum atomic E-state index is 12.9. The molecule has 0 bridgehead atoms. The van der Waals surface area contributed by atoms with Crippen molar-refractivity contribution in [3.05, 3.63) is 73.3 Å². The molecule has 0 saturated carbocycles. The zero-order valence-corrected chi connectivity index (χ0v) is 18.0. The highest BCUT2D eigenvalue weighted by molar-refractivity contribution is 8.19. The SMILES string of the molecule is Cc1ccc(-n2c(C)cc(/C=C3\SC(=N)[C@@H](c4nccs4)C3=O)c2C)cc1Cl. The van der Waals surface area contributed by atoms with Gasteiger partial charge in [-0.3, -0.25) is 10.2 Å². The van der Waals surface area contributed by atoms with E-state index in [0.29, 0.717) is 15.0 Å². The molecule has 0 spiro atoms. The molecule has 1 atom stereocenters. The number of hydrogen-bond donors (Lipinski definition) is 1. The monoisotopic (exact) mass is 427 g/mol. The Bertz CT molecular complexity index is 1130. The molecular formula is C21H18ClN3OS2. The largest absolute Gasteiger partial charge is 0.318 e. The van der Waals surface area contributed by atoms with E-state index < -0.39 is 5.92 Å². The van der Waals surface area contributed by atoms with Gasteiger partial charge in [0.15, 0.2) is 5.78 Å². The standard InChI is InChI=1S/C21H18ClN3OS2/c1-11-4-5-15(10-16(11)22)25-12(2)8-14(13(25)3)9-17-19(26)18(20(23)28-17)21-24-6-7-27-21/h4-10,18,23H,1-3H3/b17-9-,23-20?/t18-/m0/s1. The fourth-order valence-electron chi connectivity index (χ4n) is 3.38. The molecule has 0 radical (unpaired) electrons. The Kier molecular flexibility index (Phi) is 5.04. The quantitative estimate of drug-likeness (QED) is 0.527. The third-order valence-corrected chi connectivity index (χ3v) is 7.10. The van der Waals surface area contributed by atoms with Crippen LogP contribution in [-0.2, 0) is 4.79 Å². The van der Waals surface area contributed by atoms with Crippen molar-refractivity contribution < 1.29 is 4.79 Å².